The van der Waals surface area contributed by atoms with Gasteiger partial charge in [-0.25, -0.2) is 0 Å². The smallest absolute Gasteiger partial charge is 0.162 e. The molecule has 3 heteroatoms. The lowest BCUT2D eigenvalue weighted by atomic mass is 9.76. The molecular formula is C21H26O3. The van der Waals surface area contributed by atoms with Crippen LogP contribution < -0.4 is 9.47 Å². The SMILES string of the molecule is COc1ccc(C=O)cc1OC(C)(C)CC(C)(C)c1ccccc1. The molecule has 0 bridgehead atoms. The van der Waals surface area contributed by atoms with Gasteiger partial charge in [0.15, 0.2) is 11.5 Å². The Bertz CT molecular complexity index is 687. The standard InChI is InChI=1S/C21H26O3/c1-20(2,17-9-7-6-8-10-17)15-21(3,4)24-19-13-16(14-22)11-12-18(19)23-5/h6-14H,15H2,1-5H3. The predicted molar refractivity (Wildman–Crippen MR) is 97.2 cm³/mol. The Morgan fingerprint density at radius 3 is 2.21 bits per heavy atom. The van der Waals surface area contributed by atoms with Crippen LogP contribution in [0.25, 0.3) is 0 Å². The molecule has 3 nitrogen and oxygen atoms in total. The minimum atomic E-state index is -0.422. The lowest BCUT2D eigenvalue weighted by Gasteiger charge is -2.36. The number of rotatable bonds is 7. The zero-order valence-electron chi connectivity index (χ0n) is 15.1. The van der Waals surface area contributed by atoms with Gasteiger partial charge in [-0.2, -0.15) is 0 Å². The van der Waals surface area contributed by atoms with Crippen molar-refractivity contribution in [2.75, 3.05) is 7.11 Å². The average molecular weight is 326 g/mol. The van der Waals surface area contributed by atoms with Crippen molar-refractivity contribution in [1.29, 1.82) is 0 Å². The van der Waals surface area contributed by atoms with Crippen LogP contribution >= 0.6 is 0 Å². The maximum Gasteiger partial charge on any atom is 0.162 e. The normalized spacial score (nSPS) is 11.9. The van der Waals surface area contributed by atoms with Crippen LogP contribution in [0.4, 0.5) is 0 Å². The van der Waals surface area contributed by atoms with Gasteiger partial charge in [0.05, 0.1) is 7.11 Å². The molecule has 2 aromatic rings. The quantitative estimate of drug-likeness (QED) is 0.669. The first-order valence-corrected chi connectivity index (χ1v) is 8.15. The van der Waals surface area contributed by atoms with E-state index in [1.54, 1.807) is 25.3 Å². The van der Waals surface area contributed by atoms with Crippen LogP contribution in [-0.4, -0.2) is 19.0 Å². The van der Waals surface area contributed by atoms with E-state index in [0.717, 1.165) is 12.7 Å². The monoisotopic (exact) mass is 326 g/mol. The molecule has 2 rings (SSSR count). The van der Waals surface area contributed by atoms with Gasteiger partial charge in [0.2, 0.25) is 0 Å². The highest BCUT2D eigenvalue weighted by molar-refractivity contribution is 5.76. The molecule has 2 aromatic carbocycles. The van der Waals surface area contributed by atoms with E-state index in [1.165, 1.54) is 5.56 Å². The van der Waals surface area contributed by atoms with Crippen molar-refractivity contribution in [3.8, 4) is 11.5 Å². The Labute approximate surface area is 144 Å². The Morgan fingerprint density at radius 1 is 0.958 bits per heavy atom. The van der Waals surface area contributed by atoms with E-state index in [0.29, 0.717) is 17.1 Å². The van der Waals surface area contributed by atoms with Gasteiger partial charge in [-0.1, -0.05) is 44.2 Å². The summed E-state index contributed by atoms with van der Waals surface area (Å²) in [5, 5.41) is 0. The van der Waals surface area contributed by atoms with Crippen molar-refractivity contribution >= 4 is 6.29 Å². The molecule has 0 heterocycles. The number of hydrogen-bond donors (Lipinski definition) is 0. The van der Waals surface area contributed by atoms with Crippen LogP contribution in [0.3, 0.4) is 0 Å². The minimum Gasteiger partial charge on any atom is -0.493 e. The van der Waals surface area contributed by atoms with Crippen LogP contribution in [0, 0.1) is 0 Å². The molecule has 0 aliphatic heterocycles. The summed E-state index contributed by atoms with van der Waals surface area (Å²) in [7, 11) is 1.60. The first-order chi connectivity index (χ1) is 11.3. The molecule has 0 fully saturated rings. The van der Waals surface area contributed by atoms with Crippen molar-refractivity contribution in [2.45, 2.75) is 45.1 Å². The molecule has 0 radical (unpaired) electrons. The highest BCUT2D eigenvalue weighted by Gasteiger charge is 2.32. The van der Waals surface area contributed by atoms with Crippen LogP contribution in [0.1, 0.15) is 50.0 Å². The predicted octanol–water partition coefficient (Wildman–Crippen LogP) is 5.03. The van der Waals surface area contributed by atoms with Gasteiger partial charge < -0.3 is 9.47 Å². The van der Waals surface area contributed by atoms with Gasteiger partial charge in [-0.3, -0.25) is 4.79 Å². The number of benzene rings is 2. The van der Waals surface area contributed by atoms with Gasteiger partial charge in [-0.05, 0) is 49.4 Å². The second kappa shape index (κ2) is 7.08. The summed E-state index contributed by atoms with van der Waals surface area (Å²) in [6.07, 6.45) is 1.63. The number of carbonyl (C=O) groups excluding carboxylic acids is 1. The van der Waals surface area contributed by atoms with Gasteiger partial charge in [0.1, 0.15) is 11.9 Å². The second-order valence-corrected chi connectivity index (χ2v) is 7.32. The van der Waals surface area contributed by atoms with Gasteiger partial charge in [0, 0.05) is 5.56 Å². The molecule has 0 aliphatic rings. The fourth-order valence-electron chi connectivity index (χ4n) is 3.24. The molecule has 0 atom stereocenters. The van der Waals surface area contributed by atoms with Crippen LogP contribution in [-0.2, 0) is 5.41 Å². The van der Waals surface area contributed by atoms with Crippen LogP contribution in [0.2, 0.25) is 0 Å². The molecule has 0 amide bonds. The van der Waals surface area contributed by atoms with Gasteiger partial charge in [-0.15, -0.1) is 0 Å². The zero-order valence-corrected chi connectivity index (χ0v) is 15.1. The Balaban J connectivity index is 2.23. The molecule has 0 unspecified atom stereocenters. The molecule has 0 aromatic heterocycles. The third-order valence-electron chi connectivity index (χ3n) is 4.13. The van der Waals surface area contributed by atoms with E-state index in [1.807, 2.05) is 6.07 Å². The first kappa shape index (κ1) is 18.1. The van der Waals surface area contributed by atoms with Crippen molar-refractivity contribution in [3.63, 3.8) is 0 Å². The van der Waals surface area contributed by atoms with E-state index in [2.05, 4.69) is 52.0 Å². The molecule has 0 spiro atoms. The minimum absolute atomic E-state index is 0.0414. The van der Waals surface area contributed by atoms with E-state index in [4.69, 9.17) is 9.47 Å². The summed E-state index contributed by atoms with van der Waals surface area (Å²) in [4.78, 5) is 11.0. The Kier molecular flexibility index (Phi) is 5.33. The van der Waals surface area contributed by atoms with E-state index >= 15 is 0 Å². The molecule has 0 N–H and O–H groups in total. The average Bonchev–Trinajstić information content (AvgIpc) is 2.54. The summed E-state index contributed by atoms with van der Waals surface area (Å²) in [6, 6.07) is 15.6. The number of carbonyl (C=O) groups is 1. The first-order valence-electron chi connectivity index (χ1n) is 8.15. The second-order valence-electron chi connectivity index (χ2n) is 7.32. The van der Waals surface area contributed by atoms with E-state index in [9.17, 15) is 4.79 Å². The largest absolute Gasteiger partial charge is 0.493 e. The molecular weight excluding hydrogens is 300 g/mol. The van der Waals surface area contributed by atoms with E-state index in [-0.39, 0.29) is 5.41 Å². The number of methoxy groups -OCH3 is 1. The molecule has 0 aliphatic carbocycles. The van der Waals surface area contributed by atoms with Gasteiger partial charge >= 0.3 is 0 Å². The Hall–Kier alpha value is -2.29. The summed E-state index contributed by atoms with van der Waals surface area (Å²) in [5.74, 6) is 1.22. The van der Waals surface area contributed by atoms with Crippen molar-refractivity contribution < 1.29 is 14.3 Å². The topological polar surface area (TPSA) is 35.5 Å². The molecule has 0 saturated carbocycles. The number of hydrogen-bond acceptors (Lipinski definition) is 3. The van der Waals surface area contributed by atoms with Crippen molar-refractivity contribution in [1.82, 2.24) is 0 Å². The van der Waals surface area contributed by atoms with Crippen molar-refractivity contribution in [2.24, 2.45) is 0 Å². The molecule has 24 heavy (non-hydrogen) atoms. The summed E-state index contributed by atoms with van der Waals surface area (Å²) in [6.45, 7) is 8.55. The maximum absolute atomic E-state index is 11.0. The van der Waals surface area contributed by atoms with Crippen LogP contribution in [0.15, 0.2) is 48.5 Å². The summed E-state index contributed by atoms with van der Waals surface area (Å²) in [5.41, 5.74) is 1.38. The summed E-state index contributed by atoms with van der Waals surface area (Å²) >= 11 is 0. The van der Waals surface area contributed by atoms with Crippen LogP contribution in [0.5, 0.6) is 11.5 Å². The fourth-order valence-corrected chi connectivity index (χ4v) is 3.24. The third kappa shape index (κ3) is 4.38. The van der Waals surface area contributed by atoms with Crippen molar-refractivity contribution in [3.05, 3.63) is 59.7 Å². The Morgan fingerprint density at radius 2 is 1.62 bits per heavy atom. The lowest BCUT2D eigenvalue weighted by Crippen LogP contribution is -2.36. The highest BCUT2D eigenvalue weighted by atomic mass is 16.5. The third-order valence-corrected chi connectivity index (χ3v) is 4.13. The highest BCUT2D eigenvalue weighted by Crippen LogP contribution is 2.37. The number of ether oxygens (including phenoxy) is 2. The number of aldehydes is 1. The van der Waals surface area contributed by atoms with E-state index < -0.39 is 5.60 Å². The maximum atomic E-state index is 11.0. The molecule has 0 saturated heterocycles. The fraction of sp³-hybridized carbons (Fsp3) is 0.381. The lowest BCUT2D eigenvalue weighted by molar-refractivity contribution is 0.0730. The zero-order chi connectivity index (χ0) is 17.8. The molecule has 128 valence electrons. The summed E-state index contributed by atoms with van der Waals surface area (Å²) < 4.78 is 11.6. The van der Waals surface area contributed by atoms with Gasteiger partial charge in [0.25, 0.3) is 0 Å².